The van der Waals surface area contributed by atoms with Gasteiger partial charge in [0.2, 0.25) is 0 Å². The van der Waals surface area contributed by atoms with Crippen molar-refractivity contribution in [2.45, 2.75) is 30.1 Å². The summed E-state index contributed by atoms with van der Waals surface area (Å²) in [6, 6.07) is 7.75. The minimum Gasteiger partial charge on any atom is -0.393 e. The highest BCUT2D eigenvalue weighted by Gasteiger charge is 2.30. The lowest BCUT2D eigenvalue weighted by molar-refractivity contribution is 0.0759. The number of carbonyl (C=O) groups is 1. The Balaban J connectivity index is 1.71. The van der Waals surface area contributed by atoms with E-state index < -0.39 is 0 Å². The molecule has 1 amide bonds. The number of carbonyl (C=O) groups excluding carboxylic acids is 1. The molecule has 0 spiro atoms. The Kier molecular flexibility index (Phi) is 5.35. The molecule has 1 aromatic carbocycles. The van der Waals surface area contributed by atoms with E-state index in [0.29, 0.717) is 6.54 Å². The van der Waals surface area contributed by atoms with Crippen LogP contribution in [-0.2, 0) is 5.75 Å². The summed E-state index contributed by atoms with van der Waals surface area (Å²) in [6.07, 6.45) is 0.513. The number of amides is 1. The van der Waals surface area contributed by atoms with Crippen molar-refractivity contribution in [3.8, 4) is 0 Å². The molecule has 0 aliphatic carbocycles. The Morgan fingerprint density at radius 3 is 3.04 bits per heavy atom. The fraction of sp³-hybridized carbons (Fsp3) is 0.412. The maximum atomic E-state index is 12.8. The second-order valence-corrected chi connectivity index (χ2v) is 7.54. The largest absolute Gasteiger partial charge is 0.393 e. The third-order valence-electron chi connectivity index (χ3n) is 4.17. The van der Waals surface area contributed by atoms with Crippen LogP contribution in [0.15, 0.2) is 40.1 Å². The molecule has 1 aliphatic heterocycles. The third-order valence-corrected chi connectivity index (χ3v) is 5.91. The van der Waals surface area contributed by atoms with Gasteiger partial charge in [-0.05, 0) is 25.5 Å². The second kappa shape index (κ2) is 7.47. The van der Waals surface area contributed by atoms with Gasteiger partial charge in [-0.2, -0.15) is 0 Å². The van der Waals surface area contributed by atoms with Gasteiger partial charge >= 0.3 is 0 Å². The molecule has 1 saturated heterocycles. The number of rotatable bonds is 5. The molecule has 122 valence electrons. The van der Waals surface area contributed by atoms with Crippen LogP contribution in [0, 0.1) is 5.92 Å². The summed E-state index contributed by atoms with van der Waals surface area (Å²) in [5.41, 5.74) is 3.62. The smallest absolute Gasteiger partial charge is 0.255 e. The van der Waals surface area contributed by atoms with E-state index in [-0.39, 0.29) is 17.9 Å². The number of aliphatic hydroxyl groups is 1. The first-order valence-electron chi connectivity index (χ1n) is 7.71. The van der Waals surface area contributed by atoms with Gasteiger partial charge in [0.05, 0.1) is 22.9 Å². The number of thioether (sulfide) groups is 1. The number of aliphatic hydroxyl groups excluding tert-OH is 1. The molecule has 0 radical (unpaired) electrons. The molecule has 2 atom stereocenters. The van der Waals surface area contributed by atoms with Crippen LogP contribution >= 0.6 is 23.1 Å². The van der Waals surface area contributed by atoms with Crippen molar-refractivity contribution in [2.24, 2.45) is 5.92 Å². The molecule has 4 nitrogen and oxygen atoms in total. The van der Waals surface area contributed by atoms with E-state index >= 15 is 0 Å². The van der Waals surface area contributed by atoms with Gasteiger partial charge in [0, 0.05) is 35.0 Å². The van der Waals surface area contributed by atoms with Crippen LogP contribution in [0.25, 0.3) is 0 Å². The van der Waals surface area contributed by atoms with Crippen LogP contribution in [0.1, 0.15) is 29.4 Å². The standard InChI is InChI=1S/C17H20N2O2S2/c1-12(20)13-6-7-19(8-13)17(21)15-4-2-3-5-16(15)23-10-14-9-22-11-18-14/h2-5,9,11-13,20H,6-8,10H2,1H3. The van der Waals surface area contributed by atoms with Crippen molar-refractivity contribution in [2.75, 3.05) is 13.1 Å². The first-order chi connectivity index (χ1) is 11.1. The van der Waals surface area contributed by atoms with E-state index in [1.54, 1.807) is 30.0 Å². The summed E-state index contributed by atoms with van der Waals surface area (Å²) >= 11 is 3.23. The number of thiazole rings is 1. The molecule has 6 heteroatoms. The minimum absolute atomic E-state index is 0.0644. The Hall–Kier alpha value is -1.37. The molecule has 2 unspecified atom stereocenters. The SMILES string of the molecule is CC(O)C1CCN(C(=O)c2ccccc2SCc2cscn2)C1. The van der Waals surface area contributed by atoms with Crippen LogP contribution in [0.2, 0.25) is 0 Å². The van der Waals surface area contributed by atoms with Crippen molar-refractivity contribution in [3.05, 3.63) is 46.4 Å². The van der Waals surface area contributed by atoms with E-state index in [0.717, 1.165) is 34.9 Å². The highest BCUT2D eigenvalue weighted by Crippen LogP contribution is 2.29. The summed E-state index contributed by atoms with van der Waals surface area (Å²) in [6.45, 7) is 3.16. The Morgan fingerprint density at radius 1 is 1.52 bits per heavy atom. The quantitative estimate of drug-likeness (QED) is 0.843. The molecule has 1 fully saturated rings. The van der Waals surface area contributed by atoms with Crippen LogP contribution in [-0.4, -0.2) is 40.1 Å². The molecular formula is C17H20N2O2S2. The summed E-state index contributed by atoms with van der Waals surface area (Å²) in [4.78, 5) is 20.0. The first-order valence-corrected chi connectivity index (χ1v) is 9.64. The number of aromatic nitrogens is 1. The van der Waals surface area contributed by atoms with E-state index in [2.05, 4.69) is 4.98 Å². The van der Waals surface area contributed by atoms with Gasteiger partial charge in [0.15, 0.2) is 0 Å². The lowest BCUT2D eigenvalue weighted by Crippen LogP contribution is -2.30. The highest BCUT2D eigenvalue weighted by atomic mass is 32.2. The third kappa shape index (κ3) is 3.94. The maximum Gasteiger partial charge on any atom is 0.255 e. The lowest BCUT2D eigenvalue weighted by Gasteiger charge is -2.19. The van der Waals surface area contributed by atoms with E-state index in [1.807, 2.05) is 40.1 Å². The summed E-state index contributed by atoms with van der Waals surface area (Å²) < 4.78 is 0. The fourth-order valence-electron chi connectivity index (χ4n) is 2.77. The number of likely N-dealkylation sites (tertiary alicyclic amines) is 1. The first kappa shape index (κ1) is 16.5. The summed E-state index contributed by atoms with van der Waals surface area (Å²) in [5, 5.41) is 11.8. The van der Waals surface area contributed by atoms with Gasteiger partial charge in [-0.1, -0.05) is 12.1 Å². The number of hydrogen-bond donors (Lipinski definition) is 1. The molecule has 23 heavy (non-hydrogen) atoms. The Morgan fingerprint density at radius 2 is 2.35 bits per heavy atom. The van der Waals surface area contributed by atoms with E-state index in [4.69, 9.17) is 0 Å². The van der Waals surface area contributed by atoms with Crippen molar-refractivity contribution >= 4 is 29.0 Å². The van der Waals surface area contributed by atoms with Crippen molar-refractivity contribution in [3.63, 3.8) is 0 Å². The topological polar surface area (TPSA) is 53.4 Å². The number of benzene rings is 1. The monoisotopic (exact) mass is 348 g/mol. The number of hydrogen-bond acceptors (Lipinski definition) is 5. The minimum atomic E-state index is -0.359. The van der Waals surface area contributed by atoms with E-state index in [9.17, 15) is 9.90 Å². The zero-order valence-corrected chi connectivity index (χ0v) is 14.6. The molecule has 2 aromatic rings. The predicted molar refractivity (Wildman–Crippen MR) is 93.8 cm³/mol. The van der Waals surface area contributed by atoms with Crippen LogP contribution in [0.3, 0.4) is 0 Å². The van der Waals surface area contributed by atoms with Crippen molar-refractivity contribution < 1.29 is 9.90 Å². The van der Waals surface area contributed by atoms with Crippen LogP contribution in [0.4, 0.5) is 0 Å². The van der Waals surface area contributed by atoms with Crippen LogP contribution < -0.4 is 0 Å². The zero-order chi connectivity index (χ0) is 16.2. The Bertz CT molecular complexity index is 658. The number of nitrogens with zero attached hydrogens (tertiary/aromatic N) is 2. The second-order valence-electron chi connectivity index (χ2n) is 5.81. The van der Waals surface area contributed by atoms with Gasteiger partial charge in [0.1, 0.15) is 0 Å². The average molecular weight is 348 g/mol. The zero-order valence-electron chi connectivity index (χ0n) is 13.0. The molecule has 1 aliphatic rings. The van der Waals surface area contributed by atoms with Gasteiger partial charge in [-0.15, -0.1) is 23.1 Å². The lowest BCUT2D eigenvalue weighted by atomic mass is 10.0. The molecule has 0 bridgehead atoms. The summed E-state index contributed by atoms with van der Waals surface area (Å²) in [7, 11) is 0. The maximum absolute atomic E-state index is 12.8. The Labute approximate surface area is 144 Å². The van der Waals surface area contributed by atoms with Gasteiger partial charge in [-0.3, -0.25) is 4.79 Å². The van der Waals surface area contributed by atoms with Gasteiger partial charge in [0.25, 0.3) is 5.91 Å². The molecule has 2 heterocycles. The fourth-order valence-corrected chi connectivity index (χ4v) is 4.38. The van der Waals surface area contributed by atoms with Crippen molar-refractivity contribution in [1.82, 2.24) is 9.88 Å². The molecule has 0 saturated carbocycles. The average Bonchev–Trinajstić information content (AvgIpc) is 3.24. The molecule has 1 aromatic heterocycles. The van der Waals surface area contributed by atoms with Crippen LogP contribution in [0.5, 0.6) is 0 Å². The molecule has 1 N–H and O–H groups in total. The van der Waals surface area contributed by atoms with Gasteiger partial charge in [-0.25, -0.2) is 4.98 Å². The highest BCUT2D eigenvalue weighted by molar-refractivity contribution is 7.98. The predicted octanol–water partition coefficient (Wildman–Crippen LogP) is 3.28. The normalized spacial score (nSPS) is 19.0. The van der Waals surface area contributed by atoms with E-state index in [1.165, 1.54) is 0 Å². The van der Waals surface area contributed by atoms with Crippen molar-refractivity contribution in [1.29, 1.82) is 0 Å². The molecule has 3 rings (SSSR count). The van der Waals surface area contributed by atoms with Gasteiger partial charge < -0.3 is 10.0 Å². The summed E-state index contributed by atoms with van der Waals surface area (Å²) in [5.74, 6) is 1.02. The molecular weight excluding hydrogens is 328 g/mol.